The van der Waals surface area contributed by atoms with Gasteiger partial charge in [0.25, 0.3) is 10.0 Å². The molecule has 6 aromatic carbocycles. The molecule has 332 valence electrons. The van der Waals surface area contributed by atoms with Crippen LogP contribution < -0.4 is 0 Å². The number of carbonyl (C=O) groups excluding carboxylic acids is 2. The maximum atomic E-state index is 12.8. The normalized spacial score (nSPS) is 14.1. The number of rotatable bonds is 5. The topological polar surface area (TPSA) is 73.2 Å². The lowest BCUT2D eigenvalue weighted by molar-refractivity contribution is -0.112. The van der Waals surface area contributed by atoms with Gasteiger partial charge in [0.2, 0.25) is 0 Å². The van der Waals surface area contributed by atoms with Crippen LogP contribution in [0.2, 0.25) is 0 Å². The second-order valence-corrected chi connectivity index (χ2v) is 23.3. The smallest absolute Gasteiger partial charge is 0.269 e. The Morgan fingerprint density at radius 2 is 1.09 bits per heavy atom. The number of benzene rings is 6. The quantitative estimate of drug-likeness (QED) is 0.161. The summed E-state index contributed by atoms with van der Waals surface area (Å²) in [5, 5.41) is 0.900. The van der Waals surface area contributed by atoms with Crippen LogP contribution in [0.3, 0.4) is 0 Å². The molecule has 5 nitrogen and oxygen atoms in total. The Morgan fingerprint density at radius 1 is 0.561 bits per heavy atom. The number of nitrogens with zero attached hydrogens (tertiary/aromatic N) is 1. The van der Waals surface area contributed by atoms with Crippen molar-refractivity contribution in [2.75, 3.05) is 0 Å². The molecule has 0 fully saturated rings. The molecule has 0 saturated carbocycles. The van der Waals surface area contributed by atoms with Crippen LogP contribution in [0.5, 0.6) is 0 Å². The number of hydrogen-bond donors (Lipinski definition) is 0. The van der Waals surface area contributed by atoms with E-state index in [1.165, 1.54) is 54.1 Å². The number of allylic oxidation sites excluding steroid dienone is 6. The largest absolute Gasteiger partial charge is 0.294 e. The van der Waals surface area contributed by atoms with Gasteiger partial charge in [0.1, 0.15) is 0 Å². The number of aromatic nitrogens is 1. The molecule has 0 unspecified atom stereocenters. The van der Waals surface area contributed by atoms with E-state index in [-0.39, 0.29) is 16.5 Å². The van der Waals surface area contributed by atoms with E-state index in [4.69, 9.17) is 0 Å². The van der Waals surface area contributed by atoms with Gasteiger partial charge < -0.3 is 0 Å². The first-order valence-corrected chi connectivity index (χ1v) is 27.1. The highest BCUT2D eigenvalue weighted by molar-refractivity contribution is 14.1. The van der Waals surface area contributed by atoms with Crippen LogP contribution in [0.15, 0.2) is 178 Å². The Bertz CT molecular complexity index is 3350. The van der Waals surface area contributed by atoms with Crippen molar-refractivity contribution in [3.8, 4) is 0 Å². The molecule has 11 heteroatoms. The number of hydrogen-bond acceptors (Lipinski definition) is 4. The standard InChI is InChI=1S/C20H15BrO.C14H9BrINO2S.C11H8BrIO.C10H10/c1-12(22)20-18-7-6-17(21)10-16(18)11-19(20)15-8-13-4-2-3-5-14(13)9-15;15-11-7-6-10-8-14(16)17(13(10)9-11)20(18,19)12-4-2-1-3-5-12;1-6(14)11-9-3-2-8(12)4-7(9)5-10(11)13;1-8-6-9-4-2-3-5-10(9)7-8/h2-8,10H,9,11H2,1H3;1-9H;2-4H,5H2,1H3;2-6H,7H2,1H3. The van der Waals surface area contributed by atoms with Crippen molar-refractivity contribution in [2.24, 2.45) is 0 Å². The van der Waals surface area contributed by atoms with E-state index in [0.717, 1.165) is 70.3 Å². The van der Waals surface area contributed by atoms with Crippen molar-refractivity contribution in [3.63, 3.8) is 0 Å². The van der Waals surface area contributed by atoms with E-state index in [0.29, 0.717) is 9.22 Å². The van der Waals surface area contributed by atoms with Crippen LogP contribution in [0.4, 0.5) is 0 Å². The molecule has 0 saturated heterocycles. The molecule has 7 aromatic rings. The van der Waals surface area contributed by atoms with Gasteiger partial charge in [-0.2, -0.15) is 0 Å². The van der Waals surface area contributed by atoms with E-state index in [1.54, 1.807) is 44.2 Å². The molecule has 0 atom stereocenters. The Morgan fingerprint density at radius 3 is 1.70 bits per heavy atom. The molecule has 11 rings (SSSR count). The summed E-state index contributed by atoms with van der Waals surface area (Å²) in [4.78, 5) is 24.0. The van der Waals surface area contributed by atoms with Crippen LogP contribution in [0.25, 0.3) is 34.2 Å². The maximum absolute atomic E-state index is 12.8. The van der Waals surface area contributed by atoms with E-state index < -0.39 is 10.0 Å². The summed E-state index contributed by atoms with van der Waals surface area (Å²) in [5.41, 5.74) is 16.6. The fourth-order valence-corrected chi connectivity index (χ4v) is 13.8. The van der Waals surface area contributed by atoms with E-state index in [9.17, 15) is 18.0 Å². The summed E-state index contributed by atoms with van der Waals surface area (Å²) in [5.74, 6) is 0.323. The van der Waals surface area contributed by atoms with E-state index in [2.05, 4.69) is 156 Å². The molecule has 4 aliphatic rings. The second kappa shape index (κ2) is 20.7. The van der Waals surface area contributed by atoms with Gasteiger partial charge in [-0.15, -0.1) is 0 Å². The van der Waals surface area contributed by atoms with Gasteiger partial charge in [0, 0.05) is 40.0 Å². The zero-order chi connectivity index (χ0) is 46.9. The van der Waals surface area contributed by atoms with Crippen molar-refractivity contribution < 1.29 is 18.0 Å². The zero-order valence-corrected chi connectivity index (χ0v) is 46.0. The lowest BCUT2D eigenvalue weighted by atomic mass is 9.96. The van der Waals surface area contributed by atoms with Crippen molar-refractivity contribution in [2.45, 2.75) is 51.3 Å². The first-order chi connectivity index (χ1) is 31.6. The Hall–Kier alpha value is -3.99. The molecular formula is C55H42Br3I2NO4S. The van der Waals surface area contributed by atoms with Gasteiger partial charge >= 0.3 is 0 Å². The predicted molar refractivity (Wildman–Crippen MR) is 298 cm³/mol. The molecule has 66 heavy (non-hydrogen) atoms. The minimum Gasteiger partial charge on any atom is -0.294 e. The molecular weight excluding hydrogens is 1260 g/mol. The first kappa shape index (κ1) is 48.5. The number of fused-ring (bicyclic) bond motifs is 5. The van der Waals surface area contributed by atoms with Gasteiger partial charge in [-0.25, -0.2) is 12.4 Å². The van der Waals surface area contributed by atoms with Crippen LogP contribution in [0.1, 0.15) is 65.3 Å². The molecule has 0 radical (unpaired) electrons. The summed E-state index contributed by atoms with van der Waals surface area (Å²) in [6.45, 7) is 5.49. The third kappa shape index (κ3) is 10.5. The average Bonchev–Trinajstić information content (AvgIpc) is 4.11. The molecule has 0 N–H and O–H groups in total. The maximum Gasteiger partial charge on any atom is 0.269 e. The number of Topliss-reactive ketones (excluding diaryl/α,β-unsaturated/α-hetero) is 2. The summed E-state index contributed by atoms with van der Waals surface area (Å²) < 4.78 is 31.8. The average molecular weight is 1310 g/mol. The minimum absolute atomic E-state index is 0.160. The van der Waals surface area contributed by atoms with Crippen LogP contribution in [0, 0.1) is 3.70 Å². The van der Waals surface area contributed by atoms with Crippen LogP contribution in [-0.4, -0.2) is 24.0 Å². The van der Waals surface area contributed by atoms with Gasteiger partial charge in [-0.1, -0.05) is 150 Å². The highest BCUT2D eigenvalue weighted by Crippen LogP contribution is 2.42. The third-order valence-electron chi connectivity index (χ3n) is 11.7. The third-order valence-corrected chi connectivity index (χ3v) is 17.0. The molecule has 0 spiro atoms. The van der Waals surface area contributed by atoms with E-state index in [1.807, 2.05) is 65.1 Å². The molecule has 0 bridgehead atoms. The number of halogens is 5. The molecule has 1 aromatic heterocycles. The number of carbonyl (C=O) groups is 2. The molecule has 0 aliphatic heterocycles. The van der Waals surface area contributed by atoms with Gasteiger partial charge in [-0.3, -0.25) is 9.59 Å². The fourth-order valence-electron chi connectivity index (χ4n) is 8.79. The lowest BCUT2D eigenvalue weighted by Gasteiger charge is -2.09. The summed E-state index contributed by atoms with van der Waals surface area (Å²) in [6, 6.07) is 45.3. The van der Waals surface area contributed by atoms with Gasteiger partial charge in [0.05, 0.1) is 14.1 Å². The van der Waals surface area contributed by atoms with Crippen molar-refractivity contribution in [1.29, 1.82) is 0 Å². The Kier molecular flexibility index (Phi) is 15.2. The molecule has 1 heterocycles. The van der Waals surface area contributed by atoms with E-state index >= 15 is 0 Å². The fraction of sp³-hybridized carbons (Fsp3) is 0.127. The van der Waals surface area contributed by atoms with Crippen molar-refractivity contribution in [3.05, 3.63) is 221 Å². The van der Waals surface area contributed by atoms with Crippen LogP contribution in [-0.2, 0) is 45.3 Å². The first-order valence-electron chi connectivity index (χ1n) is 21.1. The minimum atomic E-state index is -3.58. The summed E-state index contributed by atoms with van der Waals surface area (Å²) >= 11 is 14.7. The van der Waals surface area contributed by atoms with Crippen molar-refractivity contribution in [1.82, 2.24) is 3.97 Å². The summed E-state index contributed by atoms with van der Waals surface area (Å²) in [6.07, 6.45) is 8.32. The second-order valence-electron chi connectivity index (χ2n) is 16.4. The zero-order valence-electron chi connectivity index (χ0n) is 36.1. The Balaban J connectivity index is 0.000000124. The highest BCUT2D eigenvalue weighted by atomic mass is 127. The highest BCUT2D eigenvalue weighted by Gasteiger charge is 2.29. The van der Waals surface area contributed by atoms with Gasteiger partial charge in [0.15, 0.2) is 11.6 Å². The predicted octanol–water partition coefficient (Wildman–Crippen LogP) is 15.6. The SMILES string of the molecule is CC(=O)C1=C(C2=Cc3ccccc3C2)Cc2cc(Br)ccc21.CC(=O)C1=C(I)Cc2cc(Br)ccc21.CC1=Cc2ccccc2C1.O=S(=O)(c1ccccc1)n1c(I)cc2ccc(Br)cc21. The lowest BCUT2D eigenvalue weighted by Crippen LogP contribution is -2.14. The monoisotopic (exact) mass is 1300 g/mol. The Labute approximate surface area is 438 Å². The van der Waals surface area contributed by atoms with Crippen LogP contribution >= 0.6 is 93.0 Å². The number of ketones is 2. The van der Waals surface area contributed by atoms with Crippen molar-refractivity contribution >= 4 is 149 Å². The van der Waals surface area contributed by atoms with Gasteiger partial charge in [-0.05, 0) is 195 Å². The summed E-state index contributed by atoms with van der Waals surface area (Å²) in [7, 11) is -3.58. The molecule has 0 amide bonds. The molecule has 4 aliphatic carbocycles.